The Balaban J connectivity index is 2.02. The van der Waals surface area contributed by atoms with Crippen LogP contribution in [0.4, 0.5) is 0 Å². The second-order valence-electron chi connectivity index (χ2n) is 7.94. The quantitative estimate of drug-likeness (QED) is 0.290. The van der Waals surface area contributed by atoms with Crippen molar-refractivity contribution in [3.05, 3.63) is 63.0 Å². The number of rotatable bonds is 4. The Morgan fingerprint density at radius 2 is 1.87 bits per heavy atom. The number of Topliss-reactive ketones (excluding diaryl/α,β-unsaturated/α-hetero) is 1. The lowest BCUT2D eigenvalue weighted by molar-refractivity contribution is -0.135. The molecule has 31 heavy (non-hydrogen) atoms. The van der Waals surface area contributed by atoms with E-state index >= 15 is 0 Å². The van der Waals surface area contributed by atoms with Crippen LogP contribution in [0.3, 0.4) is 0 Å². The number of hydrogen-bond acceptors (Lipinski definition) is 7. The molecule has 7 nitrogen and oxygen atoms in total. The topological polar surface area (TPSA) is 103 Å². The SMILES string of the molecule is CC(=O)c1c2c(c3oc(=O)cc(C)c3c1O)[C@@H](c1ccc(OC(C)C)cc1)CC(=O)O2. The fourth-order valence-electron chi connectivity index (χ4n) is 4.07. The zero-order chi connectivity index (χ0) is 22.4. The number of ether oxygens (including phenoxy) is 2. The van der Waals surface area contributed by atoms with Gasteiger partial charge in [-0.1, -0.05) is 12.1 Å². The third kappa shape index (κ3) is 3.56. The van der Waals surface area contributed by atoms with Crippen molar-refractivity contribution in [2.24, 2.45) is 0 Å². The van der Waals surface area contributed by atoms with E-state index in [0.717, 1.165) is 5.56 Å². The Hall–Kier alpha value is -3.61. The first kappa shape index (κ1) is 20.7. The minimum absolute atomic E-state index is 0.00768. The zero-order valence-corrected chi connectivity index (χ0v) is 17.6. The first-order chi connectivity index (χ1) is 14.7. The van der Waals surface area contributed by atoms with E-state index < -0.39 is 23.3 Å². The number of carbonyl (C=O) groups is 2. The molecule has 1 aliphatic rings. The highest BCUT2D eigenvalue weighted by Gasteiger charge is 2.37. The first-order valence-electron chi connectivity index (χ1n) is 9.98. The minimum Gasteiger partial charge on any atom is -0.506 e. The molecule has 1 aromatic heterocycles. The number of benzene rings is 2. The summed E-state index contributed by atoms with van der Waals surface area (Å²) in [4.78, 5) is 37.0. The van der Waals surface area contributed by atoms with E-state index in [-0.39, 0.29) is 40.6 Å². The fraction of sp³-hybridized carbons (Fsp3) is 0.292. The first-order valence-corrected chi connectivity index (χ1v) is 9.98. The number of carbonyl (C=O) groups excluding carboxylic acids is 2. The van der Waals surface area contributed by atoms with Gasteiger partial charge >= 0.3 is 11.6 Å². The van der Waals surface area contributed by atoms with E-state index in [1.165, 1.54) is 13.0 Å². The van der Waals surface area contributed by atoms with Crippen molar-refractivity contribution in [3.63, 3.8) is 0 Å². The number of ketones is 1. The van der Waals surface area contributed by atoms with Crippen LogP contribution < -0.4 is 15.1 Å². The molecule has 4 rings (SSSR count). The maximum atomic E-state index is 12.4. The van der Waals surface area contributed by atoms with E-state index in [4.69, 9.17) is 13.9 Å². The molecule has 0 radical (unpaired) electrons. The second kappa shape index (κ2) is 7.58. The lowest BCUT2D eigenvalue weighted by Crippen LogP contribution is -2.23. The van der Waals surface area contributed by atoms with Crippen LogP contribution in [-0.2, 0) is 4.79 Å². The molecular weight excluding hydrogens is 400 g/mol. The van der Waals surface area contributed by atoms with E-state index in [2.05, 4.69) is 0 Å². The second-order valence-corrected chi connectivity index (χ2v) is 7.94. The Labute approximate surface area is 178 Å². The summed E-state index contributed by atoms with van der Waals surface area (Å²) >= 11 is 0. The lowest BCUT2D eigenvalue weighted by atomic mass is 9.83. The van der Waals surface area contributed by atoms with Gasteiger partial charge in [0.25, 0.3) is 0 Å². The van der Waals surface area contributed by atoms with Crippen molar-refractivity contribution >= 4 is 22.7 Å². The summed E-state index contributed by atoms with van der Waals surface area (Å²) in [5, 5.41) is 11.1. The highest BCUT2D eigenvalue weighted by molar-refractivity contribution is 6.09. The molecular formula is C24H22O7. The summed E-state index contributed by atoms with van der Waals surface area (Å²) in [5.74, 6) is -1.28. The van der Waals surface area contributed by atoms with Crippen molar-refractivity contribution in [3.8, 4) is 17.2 Å². The van der Waals surface area contributed by atoms with Crippen molar-refractivity contribution in [1.29, 1.82) is 0 Å². The molecule has 0 fully saturated rings. The van der Waals surface area contributed by atoms with Crippen molar-refractivity contribution in [2.75, 3.05) is 0 Å². The summed E-state index contributed by atoms with van der Waals surface area (Å²) in [6, 6.07) is 8.49. The van der Waals surface area contributed by atoms with Gasteiger partial charge in [-0.15, -0.1) is 0 Å². The van der Waals surface area contributed by atoms with E-state index in [1.54, 1.807) is 19.1 Å². The smallest absolute Gasteiger partial charge is 0.336 e. The van der Waals surface area contributed by atoms with Gasteiger partial charge in [0.1, 0.15) is 22.6 Å². The molecule has 2 heterocycles. The molecule has 1 aliphatic heterocycles. The number of aromatic hydroxyl groups is 1. The minimum atomic E-state index is -0.599. The average Bonchev–Trinajstić information content (AvgIpc) is 2.66. The summed E-state index contributed by atoms with van der Waals surface area (Å²) in [7, 11) is 0. The molecule has 0 bridgehead atoms. The molecule has 2 aromatic carbocycles. The normalized spacial score (nSPS) is 15.6. The monoisotopic (exact) mass is 422 g/mol. The molecule has 1 N–H and O–H groups in total. The number of fused-ring (bicyclic) bond motifs is 3. The molecule has 0 saturated heterocycles. The number of hydrogen-bond donors (Lipinski definition) is 1. The summed E-state index contributed by atoms with van der Waals surface area (Å²) in [5.41, 5.74) is 1.04. The van der Waals surface area contributed by atoms with Crippen LogP contribution in [-0.4, -0.2) is 23.0 Å². The van der Waals surface area contributed by atoms with Gasteiger partial charge in [0.15, 0.2) is 11.5 Å². The number of aryl methyl sites for hydroxylation is 1. The van der Waals surface area contributed by atoms with Gasteiger partial charge in [-0.25, -0.2) is 4.79 Å². The largest absolute Gasteiger partial charge is 0.506 e. The highest BCUT2D eigenvalue weighted by Crippen LogP contribution is 2.49. The van der Waals surface area contributed by atoms with Gasteiger partial charge in [-0.3, -0.25) is 9.59 Å². The molecule has 7 heteroatoms. The van der Waals surface area contributed by atoms with Gasteiger partial charge in [0.05, 0.1) is 17.9 Å². The van der Waals surface area contributed by atoms with Crippen LogP contribution in [0.5, 0.6) is 17.2 Å². The third-order valence-electron chi connectivity index (χ3n) is 5.29. The molecule has 160 valence electrons. The van der Waals surface area contributed by atoms with Crippen LogP contribution >= 0.6 is 0 Å². The van der Waals surface area contributed by atoms with Crippen molar-refractivity contribution in [2.45, 2.75) is 46.1 Å². The van der Waals surface area contributed by atoms with Crippen LogP contribution in [0.2, 0.25) is 0 Å². The molecule has 0 unspecified atom stereocenters. The van der Waals surface area contributed by atoms with Crippen LogP contribution in [0.15, 0.2) is 39.5 Å². The van der Waals surface area contributed by atoms with Gasteiger partial charge in [-0.2, -0.15) is 0 Å². The maximum Gasteiger partial charge on any atom is 0.336 e. The van der Waals surface area contributed by atoms with Crippen molar-refractivity contribution < 1.29 is 28.6 Å². The Kier molecular flexibility index (Phi) is 5.05. The van der Waals surface area contributed by atoms with E-state index in [0.29, 0.717) is 16.9 Å². The fourth-order valence-corrected chi connectivity index (χ4v) is 4.07. The number of phenolic OH excluding ortho intramolecular Hbond substituents is 1. The van der Waals surface area contributed by atoms with Crippen LogP contribution in [0.1, 0.15) is 60.2 Å². The lowest BCUT2D eigenvalue weighted by Gasteiger charge is -2.28. The summed E-state index contributed by atoms with van der Waals surface area (Å²) < 4.78 is 16.6. The van der Waals surface area contributed by atoms with Gasteiger partial charge in [0.2, 0.25) is 0 Å². The van der Waals surface area contributed by atoms with Gasteiger partial charge in [0, 0.05) is 17.5 Å². The predicted molar refractivity (Wildman–Crippen MR) is 113 cm³/mol. The molecule has 1 atom stereocenters. The molecule has 3 aromatic rings. The zero-order valence-electron chi connectivity index (χ0n) is 17.6. The molecule has 0 amide bonds. The van der Waals surface area contributed by atoms with Crippen LogP contribution in [0, 0.1) is 6.92 Å². The molecule has 0 saturated carbocycles. The maximum absolute atomic E-state index is 12.4. The number of phenols is 1. The summed E-state index contributed by atoms with van der Waals surface area (Å²) in [6.07, 6.45) is 0.00484. The summed E-state index contributed by atoms with van der Waals surface area (Å²) in [6.45, 7) is 6.78. The number of esters is 1. The Morgan fingerprint density at radius 1 is 1.19 bits per heavy atom. The van der Waals surface area contributed by atoms with Crippen molar-refractivity contribution in [1.82, 2.24) is 0 Å². The van der Waals surface area contributed by atoms with E-state index in [9.17, 15) is 19.5 Å². The average molecular weight is 422 g/mol. The van der Waals surface area contributed by atoms with E-state index in [1.807, 2.05) is 26.0 Å². The standard InChI is InChI=1S/C24H22O7/c1-11(2)29-15-7-5-14(6-8-15)16-10-18(27)31-24-20(13(4)25)22(28)19-12(3)9-17(26)30-23(19)21(16)24/h5-9,11,16,28H,10H2,1-4H3/t16-/m1/s1. The van der Waals surface area contributed by atoms with Gasteiger partial charge in [-0.05, 0) is 51.0 Å². The van der Waals surface area contributed by atoms with Crippen LogP contribution in [0.25, 0.3) is 11.0 Å². The Bertz CT molecular complexity index is 1270. The van der Waals surface area contributed by atoms with Gasteiger partial charge < -0.3 is 19.0 Å². The Morgan fingerprint density at radius 3 is 2.48 bits per heavy atom. The molecule has 0 aliphatic carbocycles. The third-order valence-corrected chi connectivity index (χ3v) is 5.29. The molecule has 0 spiro atoms. The predicted octanol–water partition coefficient (Wildman–Crippen LogP) is 4.24. The highest BCUT2D eigenvalue weighted by atomic mass is 16.5.